The van der Waals surface area contributed by atoms with Crippen LogP contribution in [0.4, 0.5) is 5.95 Å². The van der Waals surface area contributed by atoms with Crippen LogP contribution in [0.15, 0.2) is 71.5 Å². The largest absolute Gasteiger partial charge is 0.466 e. The van der Waals surface area contributed by atoms with Gasteiger partial charge in [-0.2, -0.15) is 0 Å². The molecule has 32 heavy (non-hydrogen) atoms. The van der Waals surface area contributed by atoms with Crippen molar-refractivity contribution in [2.75, 3.05) is 12.3 Å². The lowest BCUT2D eigenvalue weighted by molar-refractivity contribution is -0.141. The molecule has 0 fully saturated rings. The summed E-state index contributed by atoms with van der Waals surface area (Å²) in [4.78, 5) is 39.9. The molecule has 0 aliphatic rings. The molecule has 8 N–H and O–H groups in total. The van der Waals surface area contributed by atoms with E-state index in [1.165, 1.54) is 6.07 Å². The highest BCUT2D eigenvalue weighted by Gasteiger charge is 2.11. The Morgan fingerprint density at radius 2 is 1.56 bits per heavy atom. The van der Waals surface area contributed by atoms with Gasteiger partial charge in [-0.05, 0) is 6.92 Å². The number of guanidine groups is 1. The number of esters is 1. The Bertz CT molecular complexity index is 1060. The number of nitrogens with zero attached hydrogens (tertiary/aromatic N) is 1. The maximum Gasteiger partial charge on any atom is 0.313 e. The second kappa shape index (κ2) is 13.7. The molecule has 0 saturated heterocycles. The van der Waals surface area contributed by atoms with Gasteiger partial charge in [-0.15, -0.1) is 0 Å². The highest BCUT2D eigenvalue weighted by atomic mass is 16.5. The third-order valence-electron chi connectivity index (χ3n) is 3.54. The average Bonchev–Trinajstić information content (AvgIpc) is 2.74. The quantitative estimate of drug-likeness (QED) is 0.131. The fourth-order valence-corrected chi connectivity index (χ4v) is 2.30. The molecular formula is C22H26N6O4. The van der Waals surface area contributed by atoms with Crippen molar-refractivity contribution in [3.63, 3.8) is 0 Å². The van der Waals surface area contributed by atoms with Crippen LogP contribution >= 0.6 is 0 Å². The number of ether oxygens (including phenoxy) is 1. The SMILES string of the molecule is CCOC(=O)CC(=O)c1ccccc1.N=C(N)N.Nc1nc(-c2ccccc2)cc(=O)[nH]1. The maximum absolute atomic E-state index is 11.4. The summed E-state index contributed by atoms with van der Waals surface area (Å²) in [6.07, 6.45) is -0.183. The molecule has 10 heteroatoms. The van der Waals surface area contributed by atoms with E-state index in [1.54, 1.807) is 31.2 Å². The summed E-state index contributed by atoms with van der Waals surface area (Å²) >= 11 is 0. The van der Waals surface area contributed by atoms with Gasteiger partial charge in [0, 0.05) is 17.2 Å². The Balaban J connectivity index is 0.000000275. The molecule has 3 aromatic rings. The first-order valence-electron chi connectivity index (χ1n) is 9.48. The maximum atomic E-state index is 11.4. The van der Waals surface area contributed by atoms with Gasteiger partial charge in [0.05, 0.1) is 12.3 Å². The molecule has 3 rings (SSSR count). The van der Waals surface area contributed by atoms with E-state index < -0.39 is 5.97 Å². The minimum absolute atomic E-state index is 0.136. The number of nitrogens with one attached hydrogen (secondary N) is 2. The molecule has 0 saturated carbocycles. The number of anilines is 1. The molecule has 0 unspecified atom stereocenters. The molecule has 0 bridgehead atoms. The number of hydrogen-bond donors (Lipinski definition) is 5. The smallest absolute Gasteiger partial charge is 0.313 e. The Kier molecular flexibility index (Phi) is 10.9. The minimum Gasteiger partial charge on any atom is -0.466 e. The van der Waals surface area contributed by atoms with Crippen molar-refractivity contribution in [3.8, 4) is 11.3 Å². The van der Waals surface area contributed by atoms with Gasteiger partial charge >= 0.3 is 5.97 Å². The Labute approximate surface area is 184 Å². The number of hydrogen-bond acceptors (Lipinski definition) is 7. The lowest BCUT2D eigenvalue weighted by Crippen LogP contribution is -2.20. The van der Waals surface area contributed by atoms with E-state index in [9.17, 15) is 14.4 Å². The standard InChI is InChI=1S/C11H12O3.C10H9N3O.CH5N3/c1-2-14-11(13)8-10(12)9-6-4-3-5-7-9;11-10-12-8(6-9(14)13-10)7-4-2-1-3-5-7;2-1(3)4/h3-7H,2,8H2,1H3;1-6H,(H3,11,12,13,14);(H5,2,3,4). The Morgan fingerprint density at radius 1 is 1.03 bits per heavy atom. The van der Waals surface area contributed by atoms with E-state index >= 15 is 0 Å². The number of rotatable bonds is 5. The second-order valence-corrected chi connectivity index (χ2v) is 6.11. The topological polar surface area (TPSA) is 191 Å². The first kappa shape index (κ1) is 25.6. The molecule has 1 aromatic heterocycles. The number of ketones is 1. The van der Waals surface area contributed by atoms with E-state index in [2.05, 4.69) is 26.2 Å². The van der Waals surface area contributed by atoms with Crippen molar-refractivity contribution in [2.24, 2.45) is 11.5 Å². The Morgan fingerprint density at radius 3 is 2.06 bits per heavy atom. The first-order valence-corrected chi connectivity index (χ1v) is 9.48. The minimum atomic E-state index is -0.471. The number of Topliss-reactive ketones (excluding diaryl/α,β-unsaturated/α-hetero) is 1. The van der Waals surface area contributed by atoms with Gasteiger partial charge in [0.25, 0.3) is 5.56 Å². The number of carbonyl (C=O) groups excluding carboxylic acids is 2. The number of H-pyrrole nitrogens is 1. The van der Waals surface area contributed by atoms with Crippen LogP contribution < -0.4 is 22.8 Å². The van der Waals surface area contributed by atoms with E-state index in [1.807, 2.05) is 36.4 Å². The lowest BCUT2D eigenvalue weighted by Gasteiger charge is -2.00. The third-order valence-corrected chi connectivity index (χ3v) is 3.54. The van der Waals surface area contributed by atoms with Crippen LogP contribution in [-0.4, -0.2) is 34.3 Å². The monoisotopic (exact) mass is 438 g/mol. The van der Waals surface area contributed by atoms with E-state index in [0.717, 1.165) is 5.56 Å². The van der Waals surface area contributed by atoms with E-state index in [4.69, 9.17) is 11.1 Å². The highest BCUT2D eigenvalue weighted by Crippen LogP contribution is 2.14. The van der Waals surface area contributed by atoms with Gasteiger partial charge < -0.3 is 21.9 Å². The van der Waals surface area contributed by atoms with Gasteiger partial charge in [-0.25, -0.2) is 4.98 Å². The molecular weight excluding hydrogens is 412 g/mol. The van der Waals surface area contributed by atoms with Gasteiger partial charge in [0.15, 0.2) is 11.7 Å². The number of carbonyl (C=O) groups is 2. The molecule has 0 atom stereocenters. The van der Waals surface area contributed by atoms with Crippen LogP contribution in [-0.2, 0) is 9.53 Å². The summed E-state index contributed by atoms with van der Waals surface area (Å²) in [5, 5.41) is 6.06. The predicted octanol–water partition coefficient (Wildman–Crippen LogP) is 1.68. The number of aromatic nitrogens is 2. The number of nitrogens with two attached hydrogens (primary N) is 3. The summed E-state index contributed by atoms with van der Waals surface area (Å²) in [7, 11) is 0. The van der Waals surface area contributed by atoms with Crippen LogP contribution in [0.3, 0.4) is 0 Å². The first-order chi connectivity index (χ1) is 15.2. The van der Waals surface area contributed by atoms with Gasteiger partial charge in [-0.3, -0.25) is 24.8 Å². The van der Waals surface area contributed by atoms with Crippen LogP contribution in [0.1, 0.15) is 23.7 Å². The molecule has 2 aromatic carbocycles. The lowest BCUT2D eigenvalue weighted by atomic mass is 10.1. The summed E-state index contributed by atoms with van der Waals surface area (Å²) < 4.78 is 4.67. The highest BCUT2D eigenvalue weighted by molar-refractivity contribution is 6.05. The predicted molar refractivity (Wildman–Crippen MR) is 123 cm³/mol. The summed E-state index contributed by atoms with van der Waals surface area (Å²) in [5.74, 6) is -0.873. The fourth-order valence-electron chi connectivity index (χ4n) is 2.30. The zero-order valence-corrected chi connectivity index (χ0v) is 17.6. The molecule has 1 heterocycles. The summed E-state index contributed by atoms with van der Waals surface area (Å²) in [5.41, 5.74) is 16.1. The molecule has 0 aliphatic heterocycles. The van der Waals surface area contributed by atoms with Crippen molar-refractivity contribution in [1.29, 1.82) is 5.41 Å². The van der Waals surface area contributed by atoms with Crippen molar-refractivity contribution >= 4 is 23.7 Å². The Hall–Kier alpha value is -4.47. The van der Waals surface area contributed by atoms with E-state index in [0.29, 0.717) is 17.9 Å². The number of aromatic amines is 1. The zero-order valence-electron chi connectivity index (χ0n) is 17.6. The molecule has 10 nitrogen and oxygen atoms in total. The molecule has 0 spiro atoms. The van der Waals surface area contributed by atoms with Gasteiger partial charge in [-0.1, -0.05) is 60.7 Å². The fraction of sp³-hybridized carbons (Fsp3) is 0.136. The summed E-state index contributed by atoms with van der Waals surface area (Å²) in [6.45, 7) is 2.02. The average molecular weight is 438 g/mol. The second-order valence-electron chi connectivity index (χ2n) is 6.11. The number of nitrogen functional groups attached to an aromatic ring is 1. The van der Waals surface area contributed by atoms with Crippen LogP contribution in [0, 0.1) is 5.41 Å². The molecule has 0 aliphatic carbocycles. The van der Waals surface area contributed by atoms with Crippen molar-refractivity contribution in [3.05, 3.63) is 82.6 Å². The molecule has 168 valence electrons. The van der Waals surface area contributed by atoms with Gasteiger partial charge in [0.2, 0.25) is 5.95 Å². The molecule has 0 amide bonds. The van der Waals surface area contributed by atoms with Crippen molar-refractivity contribution in [2.45, 2.75) is 13.3 Å². The van der Waals surface area contributed by atoms with Crippen molar-refractivity contribution < 1.29 is 14.3 Å². The van der Waals surface area contributed by atoms with Gasteiger partial charge in [0.1, 0.15) is 6.42 Å². The number of benzene rings is 2. The summed E-state index contributed by atoms with van der Waals surface area (Å²) in [6, 6.07) is 19.6. The van der Waals surface area contributed by atoms with Crippen molar-refractivity contribution in [1.82, 2.24) is 9.97 Å². The van der Waals surface area contributed by atoms with Crippen LogP contribution in [0.25, 0.3) is 11.3 Å². The van der Waals surface area contributed by atoms with Crippen LogP contribution in [0.5, 0.6) is 0 Å². The normalized spacial score (nSPS) is 9.28. The van der Waals surface area contributed by atoms with Crippen LogP contribution in [0.2, 0.25) is 0 Å². The molecule has 0 radical (unpaired) electrons. The zero-order chi connectivity index (χ0) is 23.9. The van der Waals surface area contributed by atoms with E-state index in [-0.39, 0.29) is 29.7 Å². The third kappa shape index (κ3) is 10.3.